The first-order valence-electron chi connectivity index (χ1n) is 6.90. The molecule has 0 bridgehead atoms. The number of thiocarbonyl (C=S) groups is 1. The molecule has 1 aromatic rings. The van der Waals surface area contributed by atoms with Crippen LogP contribution in [-0.4, -0.2) is 11.5 Å². The SMILES string of the molecule is NC(=S)c1ccccc1NCCCC1CCCC1. The molecule has 1 saturated carbocycles. The van der Waals surface area contributed by atoms with Crippen molar-refractivity contribution in [2.75, 3.05) is 11.9 Å². The van der Waals surface area contributed by atoms with Crippen LogP contribution in [-0.2, 0) is 0 Å². The first-order valence-corrected chi connectivity index (χ1v) is 7.31. The van der Waals surface area contributed by atoms with Gasteiger partial charge in [0.15, 0.2) is 0 Å². The van der Waals surface area contributed by atoms with E-state index in [2.05, 4.69) is 5.32 Å². The summed E-state index contributed by atoms with van der Waals surface area (Å²) >= 11 is 5.05. The second-order valence-electron chi connectivity index (χ2n) is 5.13. The number of para-hydroxylation sites is 1. The third-order valence-electron chi connectivity index (χ3n) is 3.77. The monoisotopic (exact) mass is 262 g/mol. The van der Waals surface area contributed by atoms with Gasteiger partial charge in [0.1, 0.15) is 4.99 Å². The number of anilines is 1. The fourth-order valence-corrected chi connectivity index (χ4v) is 2.94. The molecule has 98 valence electrons. The molecule has 3 N–H and O–H groups in total. The highest BCUT2D eigenvalue weighted by Gasteiger charge is 2.14. The molecule has 1 aliphatic rings. The molecule has 18 heavy (non-hydrogen) atoms. The lowest BCUT2D eigenvalue weighted by molar-refractivity contribution is 0.491. The van der Waals surface area contributed by atoms with Gasteiger partial charge in [0.05, 0.1) is 0 Å². The van der Waals surface area contributed by atoms with E-state index in [1.165, 1.54) is 38.5 Å². The Morgan fingerprint density at radius 2 is 2.00 bits per heavy atom. The van der Waals surface area contributed by atoms with Gasteiger partial charge in [-0.1, -0.05) is 50.0 Å². The van der Waals surface area contributed by atoms with Crippen molar-refractivity contribution in [3.63, 3.8) is 0 Å². The summed E-state index contributed by atoms with van der Waals surface area (Å²) in [4.78, 5) is 0.467. The molecule has 0 heterocycles. The molecule has 0 spiro atoms. The molecule has 2 rings (SSSR count). The van der Waals surface area contributed by atoms with Gasteiger partial charge in [-0.3, -0.25) is 0 Å². The second-order valence-corrected chi connectivity index (χ2v) is 5.57. The minimum Gasteiger partial charge on any atom is -0.389 e. The molecule has 0 atom stereocenters. The first-order chi connectivity index (χ1) is 8.77. The Bertz CT molecular complexity index is 397. The number of hydrogen-bond donors (Lipinski definition) is 2. The molecule has 1 aliphatic carbocycles. The molecule has 1 aromatic carbocycles. The topological polar surface area (TPSA) is 38.0 Å². The number of rotatable bonds is 6. The van der Waals surface area contributed by atoms with Crippen LogP contribution >= 0.6 is 12.2 Å². The lowest BCUT2D eigenvalue weighted by Crippen LogP contribution is -2.14. The lowest BCUT2D eigenvalue weighted by atomic mass is 10.0. The minimum absolute atomic E-state index is 0.467. The van der Waals surface area contributed by atoms with Crippen molar-refractivity contribution < 1.29 is 0 Å². The van der Waals surface area contributed by atoms with Crippen LogP contribution in [0, 0.1) is 5.92 Å². The van der Waals surface area contributed by atoms with Gasteiger partial charge in [0, 0.05) is 17.8 Å². The van der Waals surface area contributed by atoms with E-state index in [1.54, 1.807) is 0 Å². The average Bonchev–Trinajstić information content (AvgIpc) is 2.88. The Kier molecular flexibility index (Phi) is 5.00. The van der Waals surface area contributed by atoms with Crippen LogP contribution in [0.1, 0.15) is 44.1 Å². The Labute approximate surface area is 115 Å². The zero-order chi connectivity index (χ0) is 12.8. The van der Waals surface area contributed by atoms with Gasteiger partial charge in [0.25, 0.3) is 0 Å². The van der Waals surface area contributed by atoms with Crippen molar-refractivity contribution in [2.45, 2.75) is 38.5 Å². The maximum Gasteiger partial charge on any atom is 0.106 e. The summed E-state index contributed by atoms with van der Waals surface area (Å²) in [6.07, 6.45) is 8.32. The highest BCUT2D eigenvalue weighted by atomic mass is 32.1. The Morgan fingerprint density at radius 1 is 1.28 bits per heavy atom. The Balaban J connectivity index is 1.77. The molecule has 0 radical (unpaired) electrons. The van der Waals surface area contributed by atoms with E-state index >= 15 is 0 Å². The highest BCUT2D eigenvalue weighted by molar-refractivity contribution is 7.80. The van der Waals surface area contributed by atoms with Crippen LogP contribution in [0.5, 0.6) is 0 Å². The molecule has 0 aromatic heterocycles. The molecular formula is C15H22N2S. The van der Waals surface area contributed by atoms with Crippen molar-refractivity contribution in [3.05, 3.63) is 29.8 Å². The van der Waals surface area contributed by atoms with Crippen LogP contribution in [0.4, 0.5) is 5.69 Å². The van der Waals surface area contributed by atoms with Crippen LogP contribution < -0.4 is 11.1 Å². The van der Waals surface area contributed by atoms with E-state index < -0.39 is 0 Å². The number of benzene rings is 1. The largest absolute Gasteiger partial charge is 0.389 e. The smallest absolute Gasteiger partial charge is 0.106 e. The minimum atomic E-state index is 0.467. The summed E-state index contributed by atoms with van der Waals surface area (Å²) in [5, 5.41) is 3.45. The van der Waals surface area contributed by atoms with Gasteiger partial charge in [-0.05, 0) is 30.9 Å². The summed E-state index contributed by atoms with van der Waals surface area (Å²) in [6, 6.07) is 8.00. The van der Waals surface area contributed by atoms with E-state index in [9.17, 15) is 0 Å². The number of nitrogens with one attached hydrogen (secondary N) is 1. The molecule has 1 fully saturated rings. The van der Waals surface area contributed by atoms with Crippen molar-refractivity contribution in [2.24, 2.45) is 11.7 Å². The van der Waals surface area contributed by atoms with Crippen molar-refractivity contribution in [1.29, 1.82) is 0 Å². The summed E-state index contributed by atoms with van der Waals surface area (Å²) in [6.45, 7) is 1.01. The fraction of sp³-hybridized carbons (Fsp3) is 0.533. The van der Waals surface area contributed by atoms with Gasteiger partial charge in [-0.15, -0.1) is 0 Å². The molecule has 0 amide bonds. The van der Waals surface area contributed by atoms with E-state index in [-0.39, 0.29) is 0 Å². The van der Waals surface area contributed by atoms with Crippen LogP contribution in [0.3, 0.4) is 0 Å². The van der Waals surface area contributed by atoms with E-state index in [1.807, 2.05) is 24.3 Å². The third kappa shape index (κ3) is 3.70. The zero-order valence-electron chi connectivity index (χ0n) is 10.8. The van der Waals surface area contributed by atoms with Crippen LogP contribution in [0.2, 0.25) is 0 Å². The third-order valence-corrected chi connectivity index (χ3v) is 3.99. The molecule has 0 saturated heterocycles. The Morgan fingerprint density at radius 3 is 2.72 bits per heavy atom. The fourth-order valence-electron chi connectivity index (χ4n) is 2.76. The standard InChI is InChI=1S/C15H22N2S/c16-15(18)13-9-3-4-10-14(13)17-11-5-8-12-6-1-2-7-12/h3-4,9-10,12,17H,1-2,5-8,11H2,(H2,16,18). The van der Waals surface area contributed by atoms with E-state index in [0.717, 1.165) is 23.7 Å². The molecule has 0 unspecified atom stereocenters. The quantitative estimate of drug-likeness (QED) is 0.606. The normalized spacial score (nSPS) is 15.8. The summed E-state index contributed by atoms with van der Waals surface area (Å²) in [5.41, 5.74) is 7.73. The van der Waals surface area contributed by atoms with Gasteiger partial charge in [-0.2, -0.15) is 0 Å². The zero-order valence-corrected chi connectivity index (χ0v) is 11.6. The predicted octanol–water partition coefficient (Wildman–Crippen LogP) is 3.70. The summed E-state index contributed by atoms with van der Waals surface area (Å²) < 4.78 is 0. The number of nitrogens with two attached hydrogens (primary N) is 1. The maximum atomic E-state index is 5.71. The van der Waals surface area contributed by atoms with Gasteiger partial charge >= 0.3 is 0 Å². The predicted molar refractivity (Wildman–Crippen MR) is 82.0 cm³/mol. The van der Waals surface area contributed by atoms with Crippen molar-refractivity contribution in [3.8, 4) is 0 Å². The summed E-state index contributed by atoms with van der Waals surface area (Å²) in [5.74, 6) is 0.970. The van der Waals surface area contributed by atoms with Gasteiger partial charge in [-0.25, -0.2) is 0 Å². The van der Waals surface area contributed by atoms with Crippen LogP contribution in [0.15, 0.2) is 24.3 Å². The number of hydrogen-bond acceptors (Lipinski definition) is 2. The average molecular weight is 262 g/mol. The van der Waals surface area contributed by atoms with E-state index in [4.69, 9.17) is 18.0 Å². The molecule has 2 nitrogen and oxygen atoms in total. The maximum absolute atomic E-state index is 5.71. The van der Waals surface area contributed by atoms with Crippen molar-refractivity contribution >= 4 is 22.9 Å². The summed E-state index contributed by atoms with van der Waals surface area (Å²) in [7, 11) is 0. The first kappa shape index (κ1) is 13.3. The Hall–Kier alpha value is -1.09. The lowest BCUT2D eigenvalue weighted by Gasteiger charge is -2.12. The molecule has 0 aliphatic heterocycles. The molecule has 3 heteroatoms. The van der Waals surface area contributed by atoms with Crippen LogP contribution in [0.25, 0.3) is 0 Å². The molecular weight excluding hydrogens is 240 g/mol. The van der Waals surface area contributed by atoms with E-state index in [0.29, 0.717) is 4.99 Å². The van der Waals surface area contributed by atoms with Gasteiger partial charge < -0.3 is 11.1 Å². The van der Waals surface area contributed by atoms with Crippen molar-refractivity contribution in [1.82, 2.24) is 0 Å². The van der Waals surface area contributed by atoms with Gasteiger partial charge in [0.2, 0.25) is 0 Å². The highest BCUT2D eigenvalue weighted by Crippen LogP contribution is 2.28. The second kappa shape index (κ2) is 6.74.